The van der Waals surface area contributed by atoms with Crippen molar-refractivity contribution < 1.29 is 16.8 Å². The Morgan fingerprint density at radius 1 is 0.658 bits per heavy atom. The molecule has 0 aliphatic carbocycles. The molecule has 0 aliphatic rings. The Morgan fingerprint density at radius 3 is 1.32 bits per heavy atom. The van der Waals surface area contributed by atoms with E-state index in [1.54, 1.807) is 30.3 Å². The average molecular weight is 820 g/mol. The summed E-state index contributed by atoms with van der Waals surface area (Å²) in [6.07, 6.45) is 0. The van der Waals surface area contributed by atoms with Crippen molar-refractivity contribution in [2.75, 3.05) is 0 Å². The fourth-order valence-electron chi connectivity index (χ4n) is 2.69. The van der Waals surface area contributed by atoms with Gasteiger partial charge in [-0.2, -0.15) is 0 Å². The molecule has 0 amide bonds. The third kappa shape index (κ3) is 17.9. The van der Waals surface area contributed by atoms with E-state index in [-0.39, 0.29) is 4.90 Å². The van der Waals surface area contributed by atoms with Crippen LogP contribution in [0.4, 0.5) is 0 Å². The van der Waals surface area contributed by atoms with Gasteiger partial charge in [0.1, 0.15) is 0 Å². The first-order chi connectivity index (χ1) is 16.6. The van der Waals surface area contributed by atoms with Gasteiger partial charge in [0.25, 0.3) is 0 Å². The van der Waals surface area contributed by atoms with Crippen LogP contribution in [0.1, 0.15) is 41.5 Å². The molecule has 0 aliphatic heterocycles. The molecule has 2 aromatic carbocycles. The topological polar surface area (TPSA) is 92.3 Å². The van der Waals surface area contributed by atoms with Crippen molar-refractivity contribution in [1.82, 2.24) is 9.44 Å². The summed E-state index contributed by atoms with van der Waals surface area (Å²) in [7, 11) is -6.84. The monoisotopic (exact) mass is 820 g/mol. The molecule has 38 heavy (non-hydrogen) atoms. The molecule has 0 bridgehead atoms. The summed E-state index contributed by atoms with van der Waals surface area (Å²) in [4.78, 5) is 0.641. The zero-order valence-corrected chi connectivity index (χ0v) is 33.8. The Labute approximate surface area is 253 Å². The molecule has 2 aromatic rings. The number of halogens is 2. The van der Waals surface area contributed by atoms with E-state index >= 15 is 0 Å². The van der Waals surface area contributed by atoms with E-state index in [1.165, 1.54) is 4.40 Å². The predicted molar refractivity (Wildman–Crippen MR) is 176 cm³/mol. The van der Waals surface area contributed by atoms with Crippen LogP contribution in [0.25, 0.3) is 0 Å². The molecular formula is C26H46Br2Ge2N2O4S2. The minimum atomic E-state index is -3.42. The van der Waals surface area contributed by atoms with Gasteiger partial charge in [-0.3, -0.25) is 0 Å². The number of rotatable bonds is 5. The van der Waals surface area contributed by atoms with Crippen LogP contribution in [0.5, 0.6) is 0 Å². The third-order valence-corrected chi connectivity index (χ3v) is 12.3. The van der Waals surface area contributed by atoms with Crippen molar-refractivity contribution in [3.8, 4) is 0 Å². The van der Waals surface area contributed by atoms with Crippen LogP contribution < -0.4 is 13.8 Å². The second-order valence-electron chi connectivity index (χ2n) is 13.0. The number of nitrogens with one attached hydrogen (secondary N) is 2. The molecule has 0 fully saturated rings. The summed E-state index contributed by atoms with van der Waals surface area (Å²) < 4.78 is 55.4. The van der Waals surface area contributed by atoms with E-state index in [0.29, 0.717) is 4.90 Å². The zero-order valence-electron chi connectivity index (χ0n) is 24.8. The number of hydrogen-bond acceptors (Lipinski definition) is 4. The van der Waals surface area contributed by atoms with Gasteiger partial charge in [0, 0.05) is 10.0 Å². The SMILES string of the molecule is CC(C)(C)NS(=O)(=O)c1ccc[c]([Ge]([CH3])([CH3])[CH3])c1.CC(C)(C)NS(=O)(=O)c1cccc(Br)c1.[CH3][Ge]([CH3])([CH3])[Br]. The molecule has 2 rings (SSSR count). The van der Waals surface area contributed by atoms with E-state index in [0.717, 1.165) is 4.47 Å². The van der Waals surface area contributed by atoms with Crippen molar-refractivity contribution >= 4 is 79.1 Å². The normalized spacial score (nSPS) is 13.1. The summed E-state index contributed by atoms with van der Waals surface area (Å²) in [5, 5.41) is 0. The van der Waals surface area contributed by atoms with Crippen molar-refractivity contribution in [1.29, 1.82) is 0 Å². The first-order valence-electron chi connectivity index (χ1n) is 12.3. The fraction of sp³-hybridized carbons (Fsp3) is 0.538. The Balaban J connectivity index is 0.000000619. The number of hydrogen-bond donors (Lipinski definition) is 2. The quantitative estimate of drug-likeness (QED) is 0.317. The molecule has 2 N–H and O–H groups in total. The Bertz CT molecular complexity index is 1250. The van der Waals surface area contributed by atoms with E-state index in [4.69, 9.17) is 0 Å². The van der Waals surface area contributed by atoms with Gasteiger partial charge < -0.3 is 0 Å². The van der Waals surface area contributed by atoms with Gasteiger partial charge in [-0.25, -0.2) is 13.1 Å². The first-order valence-corrected chi connectivity index (χ1v) is 34.6. The van der Waals surface area contributed by atoms with Gasteiger partial charge in [-0.1, -0.05) is 22.0 Å². The van der Waals surface area contributed by atoms with E-state index in [1.807, 2.05) is 59.7 Å². The Morgan fingerprint density at radius 2 is 1.00 bits per heavy atom. The second kappa shape index (κ2) is 14.5. The van der Waals surface area contributed by atoms with Crippen LogP contribution in [-0.4, -0.2) is 52.6 Å². The molecule has 0 aromatic heterocycles. The van der Waals surface area contributed by atoms with Gasteiger partial charge in [0.15, 0.2) is 0 Å². The number of sulfonamides is 2. The molecular weight excluding hydrogens is 773 g/mol. The molecule has 218 valence electrons. The number of benzene rings is 2. The maximum atomic E-state index is 12.2. The molecule has 0 atom stereocenters. The van der Waals surface area contributed by atoms with Crippen molar-refractivity contribution in [3.05, 3.63) is 53.0 Å². The van der Waals surface area contributed by atoms with Crippen LogP contribution in [0.3, 0.4) is 0 Å². The predicted octanol–water partition coefficient (Wildman–Crippen LogP) is 7.05. The standard InChI is InChI=1S/C13H23GeNO2S.C10H14BrNO2S.C3H9BrGe/c1-13(2,3)15-18(16,17)12-9-7-8-11(10-12)14(4,5)6;1-10(2,3)12-15(13,14)9-6-4-5-8(11)7-9;1-5(2,3)4/h7-10,15H,1-6H3;4-7,12H,1-3H3;1-3H3. The summed E-state index contributed by atoms with van der Waals surface area (Å²) in [5.41, 5.74) is -0.931. The van der Waals surface area contributed by atoms with E-state index in [2.05, 4.69) is 73.9 Å². The minimum absolute atomic E-state index is 0.270. The van der Waals surface area contributed by atoms with Crippen LogP contribution in [0.15, 0.2) is 62.8 Å². The van der Waals surface area contributed by atoms with Crippen molar-refractivity contribution in [2.45, 2.75) is 96.9 Å². The first kappa shape index (κ1) is 38.3. The molecule has 0 saturated carbocycles. The summed E-state index contributed by atoms with van der Waals surface area (Å²) >= 11 is 3.62. The molecule has 0 saturated heterocycles. The van der Waals surface area contributed by atoms with Crippen LogP contribution in [0.2, 0.25) is 34.5 Å². The maximum absolute atomic E-state index is 12.2. The molecule has 12 heteroatoms. The van der Waals surface area contributed by atoms with Crippen LogP contribution >= 0.6 is 29.9 Å². The molecule has 0 unspecified atom stereocenters. The molecule has 0 spiro atoms. The molecule has 0 radical (unpaired) electrons. The Kier molecular flexibility index (Phi) is 14.6. The second-order valence-corrected chi connectivity index (χ2v) is 49.0. The van der Waals surface area contributed by atoms with Gasteiger partial charge in [0.05, 0.1) is 4.90 Å². The summed E-state index contributed by atoms with van der Waals surface area (Å²) in [6.45, 7) is 11.0. The summed E-state index contributed by atoms with van der Waals surface area (Å²) in [6, 6.07) is 14.0. The van der Waals surface area contributed by atoms with E-state index in [9.17, 15) is 16.8 Å². The zero-order chi connectivity index (χ0) is 30.4. The van der Waals surface area contributed by atoms with Gasteiger partial charge in [-0.15, -0.1) is 0 Å². The molecule has 0 heterocycles. The fourth-order valence-corrected chi connectivity index (χ4v) is 8.87. The van der Waals surface area contributed by atoms with Crippen LogP contribution in [0, 0.1) is 0 Å². The van der Waals surface area contributed by atoms with Crippen molar-refractivity contribution in [3.63, 3.8) is 0 Å². The average Bonchev–Trinajstić information content (AvgIpc) is 2.63. The van der Waals surface area contributed by atoms with Crippen molar-refractivity contribution in [2.24, 2.45) is 0 Å². The summed E-state index contributed by atoms with van der Waals surface area (Å²) in [5.74, 6) is 13.6. The third-order valence-electron chi connectivity index (χ3n) is 4.00. The van der Waals surface area contributed by atoms with Gasteiger partial charge in [-0.05, 0) is 39.0 Å². The Hall–Kier alpha value is 0.306. The van der Waals surface area contributed by atoms with Crippen LogP contribution in [-0.2, 0) is 20.0 Å². The molecule has 6 nitrogen and oxygen atoms in total. The van der Waals surface area contributed by atoms with Gasteiger partial charge in [0.2, 0.25) is 10.0 Å². The van der Waals surface area contributed by atoms with Gasteiger partial charge >= 0.3 is 156 Å². The van der Waals surface area contributed by atoms with E-state index < -0.39 is 55.8 Å².